The predicted molar refractivity (Wildman–Crippen MR) is 65.7 cm³/mol. The van der Waals surface area contributed by atoms with Gasteiger partial charge in [0.05, 0.1) is 18.6 Å². The van der Waals surface area contributed by atoms with Crippen LogP contribution in [0.2, 0.25) is 0 Å². The van der Waals surface area contributed by atoms with E-state index in [0.29, 0.717) is 18.7 Å². The van der Waals surface area contributed by atoms with Gasteiger partial charge < -0.3 is 15.2 Å². The van der Waals surface area contributed by atoms with Gasteiger partial charge >= 0.3 is 5.97 Å². The SMILES string of the molecule is COc1ncnc(N[C@H]2CC[C@@H](C(=O)O)C2)c1C. The molecule has 2 N–H and O–H groups in total. The zero-order chi connectivity index (χ0) is 13.1. The largest absolute Gasteiger partial charge is 0.481 e. The van der Waals surface area contributed by atoms with Crippen molar-refractivity contribution in [2.75, 3.05) is 12.4 Å². The highest BCUT2D eigenvalue weighted by atomic mass is 16.5. The van der Waals surface area contributed by atoms with Gasteiger partial charge in [-0.25, -0.2) is 9.97 Å². The number of ether oxygens (including phenoxy) is 1. The Morgan fingerprint density at radius 2 is 2.28 bits per heavy atom. The molecule has 1 fully saturated rings. The molecule has 1 aromatic heterocycles. The van der Waals surface area contributed by atoms with Crippen LogP contribution in [0.4, 0.5) is 5.82 Å². The first-order valence-electron chi connectivity index (χ1n) is 5.96. The number of carboxylic acids is 1. The average Bonchev–Trinajstić information content (AvgIpc) is 2.80. The number of nitrogens with one attached hydrogen (secondary N) is 1. The van der Waals surface area contributed by atoms with Crippen LogP contribution >= 0.6 is 0 Å². The van der Waals surface area contributed by atoms with E-state index in [1.165, 1.54) is 6.33 Å². The van der Waals surface area contributed by atoms with Crippen molar-refractivity contribution in [3.8, 4) is 5.88 Å². The van der Waals surface area contributed by atoms with Crippen LogP contribution in [0, 0.1) is 12.8 Å². The number of hydrogen-bond donors (Lipinski definition) is 2. The zero-order valence-corrected chi connectivity index (χ0v) is 10.5. The van der Waals surface area contributed by atoms with E-state index >= 15 is 0 Å². The van der Waals surface area contributed by atoms with Crippen molar-refractivity contribution < 1.29 is 14.6 Å². The first-order chi connectivity index (χ1) is 8.61. The van der Waals surface area contributed by atoms with Crippen LogP contribution in [-0.4, -0.2) is 34.2 Å². The van der Waals surface area contributed by atoms with Crippen molar-refractivity contribution in [2.24, 2.45) is 5.92 Å². The van der Waals surface area contributed by atoms with E-state index in [-0.39, 0.29) is 12.0 Å². The van der Waals surface area contributed by atoms with Crippen LogP contribution < -0.4 is 10.1 Å². The quantitative estimate of drug-likeness (QED) is 0.842. The number of nitrogens with zero attached hydrogens (tertiary/aromatic N) is 2. The van der Waals surface area contributed by atoms with Gasteiger partial charge in [0.2, 0.25) is 5.88 Å². The van der Waals surface area contributed by atoms with Gasteiger partial charge in [-0.1, -0.05) is 0 Å². The van der Waals surface area contributed by atoms with E-state index in [2.05, 4.69) is 15.3 Å². The molecule has 18 heavy (non-hydrogen) atoms. The molecule has 1 heterocycles. The van der Waals surface area contributed by atoms with Crippen molar-refractivity contribution >= 4 is 11.8 Å². The Labute approximate surface area is 105 Å². The third-order valence-electron chi connectivity index (χ3n) is 3.35. The number of hydrogen-bond acceptors (Lipinski definition) is 5. The Bertz CT molecular complexity index is 450. The minimum atomic E-state index is -0.712. The molecule has 0 saturated heterocycles. The Morgan fingerprint density at radius 1 is 1.50 bits per heavy atom. The molecule has 0 unspecified atom stereocenters. The van der Waals surface area contributed by atoms with Crippen molar-refractivity contribution in [1.82, 2.24) is 9.97 Å². The number of methoxy groups -OCH3 is 1. The minimum Gasteiger partial charge on any atom is -0.481 e. The van der Waals surface area contributed by atoms with Crippen LogP contribution in [0.3, 0.4) is 0 Å². The molecule has 1 saturated carbocycles. The standard InChI is InChI=1S/C12H17N3O3/c1-7-10(13-6-14-11(7)18-2)15-9-4-3-8(5-9)12(16)17/h6,8-9H,3-5H2,1-2H3,(H,16,17)(H,13,14,15)/t8-,9+/m1/s1. The van der Waals surface area contributed by atoms with E-state index < -0.39 is 5.97 Å². The molecule has 1 aliphatic carbocycles. The molecule has 0 aliphatic heterocycles. The lowest BCUT2D eigenvalue weighted by atomic mass is 10.1. The molecular weight excluding hydrogens is 234 g/mol. The molecule has 1 aliphatic rings. The number of aliphatic carboxylic acids is 1. The maximum atomic E-state index is 10.9. The molecule has 6 nitrogen and oxygen atoms in total. The smallest absolute Gasteiger partial charge is 0.306 e. The molecular formula is C12H17N3O3. The third-order valence-corrected chi connectivity index (χ3v) is 3.35. The van der Waals surface area contributed by atoms with Crippen molar-refractivity contribution in [3.05, 3.63) is 11.9 Å². The predicted octanol–water partition coefficient (Wildman–Crippen LogP) is 1.46. The van der Waals surface area contributed by atoms with E-state index in [0.717, 1.165) is 17.8 Å². The van der Waals surface area contributed by atoms with Gasteiger partial charge in [-0.15, -0.1) is 0 Å². The van der Waals surface area contributed by atoms with Gasteiger partial charge in [-0.2, -0.15) is 0 Å². The lowest BCUT2D eigenvalue weighted by Gasteiger charge is -2.15. The Balaban J connectivity index is 2.05. The fourth-order valence-corrected chi connectivity index (χ4v) is 2.32. The zero-order valence-electron chi connectivity index (χ0n) is 10.5. The van der Waals surface area contributed by atoms with Gasteiger partial charge in [0.15, 0.2) is 0 Å². The second-order valence-electron chi connectivity index (χ2n) is 4.55. The molecule has 2 atom stereocenters. The summed E-state index contributed by atoms with van der Waals surface area (Å²) < 4.78 is 5.12. The maximum absolute atomic E-state index is 10.9. The molecule has 0 aromatic carbocycles. The van der Waals surface area contributed by atoms with Crippen LogP contribution in [0.15, 0.2) is 6.33 Å². The van der Waals surface area contributed by atoms with Crippen LogP contribution in [-0.2, 0) is 4.79 Å². The van der Waals surface area contributed by atoms with Crippen molar-refractivity contribution in [2.45, 2.75) is 32.2 Å². The molecule has 0 spiro atoms. The Kier molecular flexibility index (Phi) is 3.64. The summed E-state index contributed by atoms with van der Waals surface area (Å²) in [5.41, 5.74) is 0.846. The van der Waals surface area contributed by atoms with Gasteiger partial charge in [0.25, 0.3) is 0 Å². The van der Waals surface area contributed by atoms with E-state index in [1.54, 1.807) is 7.11 Å². The van der Waals surface area contributed by atoms with E-state index in [1.807, 2.05) is 6.92 Å². The summed E-state index contributed by atoms with van der Waals surface area (Å²) in [4.78, 5) is 19.1. The summed E-state index contributed by atoms with van der Waals surface area (Å²) in [5.74, 6) is 0.306. The Morgan fingerprint density at radius 3 is 2.89 bits per heavy atom. The summed E-state index contributed by atoms with van der Waals surface area (Å²) in [7, 11) is 1.56. The van der Waals surface area contributed by atoms with Gasteiger partial charge in [0.1, 0.15) is 12.1 Å². The highest BCUT2D eigenvalue weighted by Gasteiger charge is 2.30. The normalized spacial score (nSPS) is 22.8. The highest BCUT2D eigenvalue weighted by molar-refractivity contribution is 5.70. The first kappa shape index (κ1) is 12.6. The highest BCUT2D eigenvalue weighted by Crippen LogP contribution is 2.29. The monoisotopic (exact) mass is 251 g/mol. The molecule has 6 heteroatoms. The summed E-state index contributed by atoms with van der Waals surface area (Å²) >= 11 is 0. The molecule has 98 valence electrons. The summed E-state index contributed by atoms with van der Waals surface area (Å²) in [6.45, 7) is 1.88. The summed E-state index contributed by atoms with van der Waals surface area (Å²) in [6.07, 6.45) is 3.65. The number of anilines is 1. The van der Waals surface area contributed by atoms with Crippen molar-refractivity contribution in [1.29, 1.82) is 0 Å². The number of carbonyl (C=O) groups is 1. The number of rotatable bonds is 4. The summed E-state index contributed by atoms with van der Waals surface area (Å²) in [5, 5.41) is 12.2. The molecule has 0 radical (unpaired) electrons. The van der Waals surface area contributed by atoms with E-state index in [4.69, 9.17) is 9.84 Å². The van der Waals surface area contributed by atoms with Crippen molar-refractivity contribution in [3.63, 3.8) is 0 Å². The van der Waals surface area contributed by atoms with Crippen LogP contribution in [0.25, 0.3) is 0 Å². The third kappa shape index (κ3) is 2.52. The molecule has 1 aromatic rings. The van der Waals surface area contributed by atoms with Gasteiger partial charge in [0, 0.05) is 6.04 Å². The number of aromatic nitrogens is 2. The number of carboxylic acid groups (broad SMARTS) is 1. The Hall–Kier alpha value is -1.85. The van der Waals surface area contributed by atoms with E-state index in [9.17, 15) is 4.79 Å². The fourth-order valence-electron chi connectivity index (χ4n) is 2.32. The lowest BCUT2D eigenvalue weighted by Crippen LogP contribution is -2.19. The summed E-state index contributed by atoms with van der Waals surface area (Å²) in [6, 6.07) is 0.157. The topological polar surface area (TPSA) is 84.3 Å². The maximum Gasteiger partial charge on any atom is 0.306 e. The molecule has 0 amide bonds. The lowest BCUT2D eigenvalue weighted by molar-refractivity contribution is -0.141. The first-order valence-corrected chi connectivity index (χ1v) is 5.96. The second kappa shape index (κ2) is 5.20. The van der Waals surface area contributed by atoms with Gasteiger partial charge in [-0.05, 0) is 26.2 Å². The van der Waals surface area contributed by atoms with Crippen LogP contribution in [0.1, 0.15) is 24.8 Å². The minimum absolute atomic E-state index is 0.157. The fraction of sp³-hybridized carbons (Fsp3) is 0.583. The molecule has 2 rings (SSSR count). The molecule has 0 bridgehead atoms. The average molecular weight is 251 g/mol. The second-order valence-corrected chi connectivity index (χ2v) is 4.55. The van der Waals surface area contributed by atoms with Gasteiger partial charge in [-0.3, -0.25) is 4.79 Å². The van der Waals surface area contributed by atoms with Crippen LogP contribution in [0.5, 0.6) is 5.88 Å².